The molecule has 0 unspecified atom stereocenters. The van der Waals surface area contributed by atoms with Gasteiger partial charge in [0.25, 0.3) is 0 Å². The maximum Gasteiger partial charge on any atom is 0.198 e. The number of aromatic nitrogens is 1. The molecular weight excluding hydrogens is 280 g/mol. The van der Waals surface area contributed by atoms with Gasteiger partial charge in [0.15, 0.2) is 17.3 Å². The molecule has 1 aromatic heterocycles. The number of carbonyl (C=O) groups is 1. The molecule has 0 fully saturated rings. The minimum absolute atomic E-state index is 0.101. The second kappa shape index (κ2) is 4.53. The Morgan fingerprint density at radius 2 is 1.91 bits per heavy atom. The van der Waals surface area contributed by atoms with Crippen LogP contribution in [0.25, 0.3) is 22.2 Å². The van der Waals surface area contributed by atoms with Crippen molar-refractivity contribution in [1.82, 2.24) is 5.16 Å². The van der Waals surface area contributed by atoms with E-state index in [9.17, 15) is 4.79 Å². The summed E-state index contributed by atoms with van der Waals surface area (Å²) in [5, 5.41) is 8.68. The highest BCUT2D eigenvalue weighted by Gasteiger charge is 2.31. The minimum Gasteiger partial charge on any atom is -0.356 e. The third-order valence-electron chi connectivity index (χ3n) is 3.58. The summed E-state index contributed by atoms with van der Waals surface area (Å²) in [6.07, 6.45) is 0. The van der Waals surface area contributed by atoms with Crippen molar-refractivity contribution < 1.29 is 14.2 Å². The summed E-state index contributed by atoms with van der Waals surface area (Å²) >= 11 is 0. The number of carbonyl (C=O) groups excluding carboxylic acids is 1. The van der Waals surface area contributed by atoms with Crippen LogP contribution in [0.2, 0.25) is 0 Å². The molecule has 0 spiro atoms. The molecule has 0 saturated carbocycles. The summed E-state index contributed by atoms with van der Waals surface area (Å²) in [5.74, 6) is 0.913. The van der Waals surface area contributed by atoms with E-state index in [1.807, 2.05) is 32.0 Å². The summed E-state index contributed by atoms with van der Waals surface area (Å²) < 4.78 is 5.46. The molecule has 3 aromatic rings. The first kappa shape index (κ1) is 12.8. The Labute approximate surface area is 126 Å². The minimum atomic E-state index is -0.101. The second-order valence-corrected chi connectivity index (χ2v) is 5.35. The van der Waals surface area contributed by atoms with E-state index in [0.29, 0.717) is 33.5 Å². The zero-order chi connectivity index (χ0) is 15.3. The molecule has 0 bridgehead atoms. The molecule has 5 nitrogen and oxygen atoms in total. The first-order valence-corrected chi connectivity index (χ1v) is 6.91. The zero-order valence-electron chi connectivity index (χ0n) is 12.1. The molecule has 0 atom stereocenters. The predicted molar refractivity (Wildman–Crippen MR) is 82.3 cm³/mol. The van der Waals surface area contributed by atoms with Crippen LogP contribution in [0.4, 0.5) is 0 Å². The van der Waals surface area contributed by atoms with E-state index < -0.39 is 0 Å². The topological polar surface area (TPSA) is 64.7 Å². The van der Waals surface area contributed by atoms with Gasteiger partial charge in [-0.3, -0.25) is 4.79 Å². The molecule has 0 amide bonds. The van der Waals surface area contributed by atoms with E-state index in [1.165, 1.54) is 0 Å². The number of fused-ring (bicyclic) bond motifs is 2. The Morgan fingerprint density at radius 3 is 2.68 bits per heavy atom. The Bertz CT molecular complexity index is 950. The smallest absolute Gasteiger partial charge is 0.198 e. The molecule has 0 N–H and O–H groups in total. The average Bonchev–Trinajstić information content (AvgIpc) is 2.95. The number of benzene rings is 2. The first-order chi connectivity index (χ1) is 10.7. The van der Waals surface area contributed by atoms with Crippen LogP contribution in [-0.4, -0.2) is 16.7 Å². The van der Waals surface area contributed by atoms with Gasteiger partial charge in [-0.1, -0.05) is 34.6 Å². The summed E-state index contributed by atoms with van der Waals surface area (Å²) in [7, 11) is 0. The number of hydrogen-bond donors (Lipinski definition) is 0. The van der Waals surface area contributed by atoms with Gasteiger partial charge < -0.3 is 9.36 Å². The summed E-state index contributed by atoms with van der Waals surface area (Å²) in [4.78, 5) is 18.3. The van der Waals surface area contributed by atoms with Crippen LogP contribution in [0.15, 0.2) is 46.1 Å². The van der Waals surface area contributed by atoms with Gasteiger partial charge in [0.1, 0.15) is 5.52 Å². The fourth-order valence-electron chi connectivity index (χ4n) is 2.66. The molecule has 1 aliphatic rings. The van der Waals surface area contributed by atoms with Gasteiger partial charge in [-0.2, -0.15) is 0 Å². The SMILES string of the molecule is CC(C)=NOc1ccc2noc3c2c1C(=O)c1ccccc1-3. The quantitative estimate of drug-likeness (QED) is 0.416. The second-order valence-electron chi connectivity index (χ2n) is 5.35. The lowest BCUT2D eigenvalue weighted by atomic mass is 9.87. The molecule has 4 rings (SSSR count). The predicted octanol–water partition coefficient (Wildman–Crippen LogP) is 3.81. The lowest BCUT2D eigenvalue weighted by Gasteiger charge is -2.15. The molecule has 5 heteroatoms. The molecular formula is C17H12N2O3. The highest BCUT2D eigenvalue weighted by Crippen LogP contribution is 2.42. The summed E-state index contributed by atoms with van der Waals surface area (Å²) in [5.41, 5.74) is 3.20. The van der Waals surface area contributed by atoms with Gasteiger partial charge in [-0.15, -0.1) is 0 Å². The normalized spacial score (nSPS) is 12.2. The van der Waals surface area contributed by atoms with Crippen LogP contribution < -0.4 is 4.84 Å². The van der Waals surface area contributed by atoms with Gasteiger partial charge >= 0.3 is 0 Å². The molecule has 0 radical (unpaired) electrons. The van der Waals surface area contributed by atoms with E-state index in [4.69, 9.17) is 9.36 Å². The number of hydrogen-bond acceptors (Lipinski definition) is 5. The fraction of sp³-hybridized carbons (Fsp3) is 0.118. The van der Waals surface area contributed by atoms with Gasteiger partial charge in [-0.05, 0) is 26.0 Å². The zero-order valence-corrected chi connectivity index (χ0v) is 12.1. The molecule has 0 saturated heterocycles. The maximum absolute atomic E-state index is 12.9. The number of oxime groups is 1. The van der Waals surface area contributed by atoms with E-state index in [-0.39, 0.29) is 5.78 Å². The standard InChI is InChI=1S/C17H12N2O3/c1-9(2)18-21-13-8-7-12-14-15(13)16(20)10-5-3-4-6-11(10)17(14)22-19-12/h3-8H,1-2H3. The fourth-order valence-corrected chi connectivity index (χ4v) is 2.66. The Balaban J connectivity index is 2.05. The van der Waals surface area contributed by atoms with E-state index in [1.54, 1.807) is 18.2 Å². The summed E-state index contributed by atoms with van der Waals surface area (Å²) in [6.45, 7) is 3.65. The van der Waals surface area contributed by atoms with Crippen molar-refractivity contribution in [1.29, 1.82) is 0 Å². The van der Waals surface area contributed by atoms with E-state index in [2.05, 4.69) is 10.3 Å². The van der Waals surface area contributed by atoms with Crippen molar-refractivity contribution in [2.24, 2.45) is 5.16 Å². The van der Waals surface area contributed by atoms with Crippen molar-refractivity contribution in [3.8, 4) is 17.1 Å². The molecule has 108 valence electrons. The summed E-state index contributed by atoms with van der Waals surface area (Å²) in [6, 6.07) is 10.8. The Morgan fingerprint density at radius 1 is 1.14 bits per heavy atom. The number of rotatable bonds is 2. The van der Waals surface area contributed by atoms with Crippen LogP contribution in [0, 0.1) is 0 Å². The highest BCUT2D eigenvalue weighted by atomic mass is 16.6. The van der Waals surface area contributed by atoms with E-state index in [0.717, 1.165) is 11.3 Å². The van der Waals surface area contributed by atoms with Crippen molar-refractivity contribution in [3.05, 3.63) is 47.5 Å². The van der Waals surface area contributed by atoms with Crippen LogP contribution in [-0.2, 0) is 0 Å². The molecule has 1 aliphatic carbocycles. The van der Waals surface area contributed by atoms with Gasteiger partial charge in [0.2, 0.25) is 0 Å². The third kappa shape index (κ3) is 1.69. The lowest BCUT2D eigenvalue weighted by molar-refractivity contribution is 0.103. The molecule has 22 heavy (non-hydrogen) atoms. The maximum atomic E-state index is 12.9. The average molecular weight is 292 g/mol. The van der Waals surface area contributed by atoms with Crippen molar-refractivity contribution in [3.63, 3.8) is 0 Å². The van der Waals surface area contributed by atoms with Crippen molar-refractivity contribution in [2.75, 3.05) is 0 Å². The van der Waals surface area contributed by atoms with Gasteiger partial charge in [-0.25, -0.2) is 0 Å². The molecule has 0 aliphatic heterocycles. The van der Waals surface area contributed by atoms with Gasteiger partial charge in [0.05, 0.1) is 16.7 Å². The van der Waals surface area contributed by atoms with Crippen molar-refractivity contribution >= 4 is 22.4 Å². The van der Waals surface area contributed by atoms with Crippen LogP contribution >= 0.6 is 0 Å². The van der Waals surface area contributed by atoms with Crippen LogP contribution in [0.5, 0.6) is 5.75 Å². The monoisotopic (exact) mass is 292 g/mol. The van der Waals surface area contributed by atoms with E-state index >= 15 is 0 Å². The number of ketones is 1. The lowest BCUT2D eigenvalue weighted by Crippen LogP contribution is -2.10. The van der Waals surface area contributed by atoms with Crippen molar-refractivity contribution in [2.45, 2.75) is 13.8 Å². The highest BCUT2D eigenvalue weighted by molar-refractivity contribution is 6.26. The Kier molecular flexibility index (Phi) is 2.63. The number of nitrogens with zero attached hydrogens (tertiary/aromatic N) is 2. The van der Waals surface area contributed by atoms with Gasteiger partial charge in [0, 0.05) is 11.1 Å². The van der Waals surface area contributed by atoms with Crippen LogP contribution in [0.3, 0.4) is 0 Å². The largest absolute Gasteiger partial charge is 0.356 e. The molecule has 1 heterocycles. The third-order valence-corrected chi connectivity index (χ3v) is 3.58. The first-order valence-electron chi connectivity index (χ1n) is 6.91. The Hall–Kier alpha value is -2.95. The van der Waals surface area contributed by atoms with Crippen LogP contribution in [0.1, 0.15) is 29.8 Å². The molecule has 2 aromatic carbocycles.